The second kappa shape index (κ2) is 4.91. The number of hydrogen-bond donors (Lipinski definition) is 1. The zero-order valence-corrected chi connectivity index (χ0v) is 12.6. The molecule has 0 aromatic carbocycles. The van der Waals surface area contributed by atoms with Crippen molar-refractivity contribution in [2.75, 3.05) is 19.6 Å². The number of carbonyl (C=O) groups excluding carboxylic acids is 1. The van der Waals surface area contributed by atoms with Gasteiger partial charge in [0.2, 0.25) is 5.91 Å². The summed E-state index contributed by atoms with van der Waals surface area (Å²) in [7, 11) is 0. The van der Waals surface area contributed by atoms with E-state index in [-0.39, 0.29) is 5.41 Å². The molecule has 1 aromatic rings. The molecule has 1 fully saturated rings. The van der Waals surface area contributed by atoms with Crippen LogP contribution >= 0.6 is 11.3 Å². The van der Waals surface area contributed by atoms with Crippen LogP contribution in [0.25, 0.3) is 0 Å². The van der Waals surface area contributed by atoms with Gasteiger partial charge in [-0.1, -0.05) is 13.8 Å². The summed E-state index contributed by atoms with van der Waals surface area (Å²) in [6, 6.07) is 2.17. The van der Waals surface area contributed by atoms with Gasteiger partial charge in [-0.25, -0.2) is 0 Å². The molecule has 2 aliphatic rings. The van der Waals surface area contributed by atoms with Crippen molar-refractivity contribution in [3.63, 3.8) is 0 Å². The first-order valence-electron chi connectivity index (χ1n) is 7.19. The molecular formula is C15H22N2OS. The summed E-state index contributed by atoms with van der Waals surface area (Å²) >= 11 is 1.83. The summed E-state index contributed by atoms with van der Waals surface area (Å²) in [4.78, 5) is 16.5. The van der Waals surface area contributed by atoms with Crippen molar-refractivity contribution < 1.29 is 4.79 Å². The molecule has 4 heteroatoms. The smallest absolute Gasteiger partial charge is 0.230 e. The number of fused-ring (bicyclic) bond motifs is 1. The topological polar surface area (TPSA) is 32.3 Å². The van der Waals surface area contributed by atoms with Crippen molar-refractivity contribution in [2.24, 2.45) is 11.3 Å². The van der Waals surface area contributed by atoms with Gasteiger partial charge in [-0.15, -0.1) is 11.3 Å². The third-order valence-electron chi connectivity index (χ3n) is 4.81. The molecule has 3 nitrogen and oxygen atoms in total. The van der Waals surface area contributed by atoms with E-state index in [1.807, 2.05) is 11.3 Å². The molecule has 1 N–H and O–H groups in total. The van der Waals surface area contributed by atoms with Gasteiger partial charge >= 0.3 is 0 Å². The highest BCUT2D eigenvalue weighted by Gasteiger charge is 2.46. The summed E-state index contributed by atoms with van der Waals surface area (Å²) in [6.07, 6.45) is 2.01. The highest BCUT2D eigenvalue weighted by molar-refractivity contribution is 7.10. The first-order chi connectivity index (χ1) is 9.13. The Kier molecular flexibility index (Phi) is 3.39. The maximum absolute atomic E-state index is 13.0. The Hall–Kier alpha value is -0.870. The van der Waals surface area contributed by atoms with Gasteiger partial charge in [-0.3, -0.25) is 4.79 Å². The van der Waals surface area contributed by atoms with Crippen LogP contribution in [0.2, 0.25) is 0 Å². The molecule has 3 rings (SSSR count). The summed E-state index contributed by atoms with van der Waals surface area (Å²) in [5.74, 6) is 0.767. The van der Waals surface area contributed by atoms with E-state index in [2.05, 4.69) is 35.5 Å². The van der Waals surface area contributed by atoms with Gasteiger partial charge < -0.3 is 10.2 Å². The van der Waals surface area contributed by atoms with Crippen LogP contribution in [0, 0.1) is 11.3 Å². The lowest BCUT2D eigenvalue weighted by Gasteiger charge is -2.38. The largest absolute Gasteiger partial charge is 0.337 e. The standard InChI is InChI=1S/C15H22N2OS/c1-11(2)15(5-6-16-10-15)14(18)17-7-3-13-12(9-17)4-8-19-13/h4,8,11,16H,3,5-7,9-10H2,1-2H3. The van der Waals surface area contributed by atoms with Gasteiger partial charge in [-0.2, -0.15) is 0 Å². The van der Waals surface area contributed by atoms with E-state index in [4.69, 9.17) is 0 Å². The fourth-order valence-electron chi connectivity index (χ4n) is 3.37. The lowest BCUT2D eigenvalue weighted by molar-refractivity contribution is -0.144. The summed E-state index contributed by atoms with van der Waals surface area (Å²) in [5.41, 5.74) is 1.18. The lowest BCUT2D eigenvalue weighted by atomic mass is 9.75. The van der Waals surface area contributed by atoms with E-state index in [0.29, 0.717) is 11.8 Å². The van der Waals surface area contributed by atoms with Crippen LogP contribution in [0.1, 0.15) is 30.7 Å². The quantitative estimate of drug-likeness (QED) is 0.900. The monoisotopic (exact) mass is 278 g/mol. The first kappa shape index (κ1) is 13.1. The molecule has 1 aromatic heterocycles. The fourth-order valence-corrected chi connectivity index (χ4v) is 4.26. The number of carbonyl (C=O) groups is 1. The van der Waals surface area contributed by atoms with Crippen LogP contribution in [-0.2, 0) is 17.8 Å². The van der Waals surface area contributed by atoms with Crippen LogP contribution in [0.3, 0.4) is 0 Å². The van der Waals surface area contributed by atoms with Crippen molar-refractivity contribution in [1.29, 1.82) is 0 Å². The minimum atomic E-state index is -0.173. The van der Waals surface area contributed by atoms with Crippen molar-refractivity contribution >= 4 is 17.2 Å². The number of nitrogens with one attached hydrogen (secondary N) is 1. The van der Waals surface area contributed by atoms with Gasteiger partial charge in [0.15, 0.2) is 0 Å². The summed E-state index contributed by atoms with van der Waals surface area (Å²) < 4.78 is 0. The number of thiophene rings is 1. The molecule has 19 heavy (non-hydrogen) atoms. The highest BCUT2D eigenvalue weighted by atomic mass is 32.1. The SMILES string of the molecule is CC(C)C1(C(=O)N2CCc3sccc3C2)CCNC1. The second-order valence-electron chi connectivity index (χ2n) is 6.08. The summed E-state index contributed by atoms with van der Waals surface area (Å²) in [5, 5.41) is 5.53. The van der Waals surface area contributed by atoms with Gasteiger partial charge in [0.1, 0.15) is 0 Å². The van der Waals surface area contributed by atoms with Gasteiger partial charge in [0.05, 0.1) is 5.41 Å². The zero-order chi connectivity index (χ0) is 13.5. The highest BCUT2D eigenvalue weighted by Crippen LogP contribution is 2.37. The van der Waals surface area contributed by atoms with E-state index in [9.17, 15) is 4.79 Å². The van der Waals surface area contributed by atoms with E-state index in [1.165, 1.54) is 10.4 Å². The molecule has 1 unspecified atom stereocenters. The minimum absolute atomic E-state index is 0.173. The van der Waals surface area contributed by atoms with Gasteiger partial charge in [0, 0.05) is 24.5 Å². The Labute approximate surface area is 119 Å². The molecule has 3 heterocycles. The average Bonchev–Trinajstić information content (AvgIpc) is 3.06. The fraction of sp³-hybridized carbons (Fsp3) is 0.667. The van der Waals surface area contributed by atoms with Crippen molar-refractivity contribution in [3.8, 4) is 0 Å². The van der Waals surface area contributed by atoms with Gasteiger partial charge in [0.25, 0.3) is 0 Å². The van der Waals surface area contributed by atoms with E-state index in [1.54, 1.807) is 0 Å². The molecule has 104 valence electrons. The third-order valence-corrected chi connectivity index (χ3v) is 5.84. The normalized spacial score (nSPS) is 26.8. The Morgan fingerprint density at radius 3 is 3.05 bits per heavy atom. The molecule has 1 atom stereocenters. The zero-order valence-electron chi connectivity index (χ0n) is 11.7. The Morgan fingerprint density at radius 1 is 1.53 bits per heavy atom. The molecule has 0 saturated carbocycles. The van der Waals surface area contributed by atoms with Crippen LogP contribution < -0.4 is 5.32 Å². The number of rotatable bonds is 2. The summed E-state index contributed by atoms with van der Waals surface area (Å²) in [6.45, 7) is 7.89. The second-order valence-corrected chi connectivity index (χ2v) is 7.08. The molecule has 1 saturated heterocycles. The number of amides is 1. The maximum atomic E-state index is 13.0. The molecule has 2 aliphatic heterocycles. The number of nitrogens with zero attached hydrogens (tertiary/aromatic N) is 1. The predicted octanol–water partition coefficient (Wildman–Crippen LogP) is 2.27. The molecular weight excluding hydrogens is 256 g/mol. The van der Waals surface area contributed by atoms with Crippen LogP contribution in [0.5, 0.6) is 0 Å². The molecule has 0 radical (unpaired) electrons. The lowest BCUT2D eigenvalue weighted by Crippen LogP contribution is -2.49. The first-order valence-corrected chi connectivity index (χ1v) is 8.07. The predicted molar refractivity (Wildman–Crippen MR) is 78.2 cm³/mol. The molecule has 0 spiro atoms. The molecule has 1 amide bonds. The van der Waals surface area contributed by atoms with E-state index in [0.717, 1.165) is 39.0 Å². The Balaban J connectivity index is 1.81. The Morgan fingerprint density at radius 2 is 2.37 bits per heavy atom. The van der Waals surface area contributed by atoms with E-state index < -0.39 is 0 Å². The molecule has 0 aliphatic carbocycles. The van der Waals surface area contributed by atoms with Crippen molar-refractivity contribution in [3.05, 3.63) is 21.9 Å². The third kappa shape index (κ3) is 2.11. The van der Waals surface area contributed by atoms with Gasteiger partial charge in [-0.05, 0) is 42.3 Å². The van der Waals surface area contributed by atoms with Crippen LogP contribution in [-0.4, -0.2) is 30.4 Å². The van der Waals surface area contributed by atoms with Crippen molar-refractivity contribution in [1.82, 2.24) is 10.2 Å². The van der Waals surface area contributed by atoms with Crippen LogP contribution in [0.15, 0.2) is 11.4 Å². The number of hydrogen-bond acceptors (Lipinski definition) is 3. The maximum Gasteiger partial charge on any atom is 0.230 e. The minimum Gasteiger partial charge on any atom is -0.337 e. The van der Waals surface area contributed by atoms with Crippen LogP contribution in [0.4, 0.5) is 0 Å². The average molecular weight is 278 g/mol. The Bertz CT molecular complexity index is 474. The van der Waals surface area contributed by atoms with Crippen molar-refractivity contribution in [2.45, 2.75) is 33.2 Å². The van der Waals surface area contributed by atoms with E-state index >= 15 is 0 Å². The molecule has 0 bridgehead atoms.